The van der Waals surface area contributed by atoms with Gasteiger partial charge in [0.05, 0.1) is 11.5 Å². The molecule has 0 bridgehead atoms. The average molecular weight is 507 g/mol. The van der Waals surface area contributed by atoms with Crippen LogP contribution in [0.5, 0.6) is 0 Å². The fourth-order valence-electron chi connectivity index (χ4n) is 4.02. The molecular formula is C19H30IN3O3S. The highest BCUT2D eigenvalue weighted by atomic mass is 127. The molecule has 0 aliphatic carbocycles. The maximum Gasteiger partial charge on any atom is 0.191 e. The molecule has 0 radical (unpaired) electrons. The van der Waals surface area contributed by atoms with E-state index in [9.17, 15) is 8.42 Å². The first-order valence-corrected chi connectivity index (χ1v) is 11.1. The Morgan fingerprint density at radius 3 is 2.59 bits per heavy atom. The number of aliphatic imine (C=N–C) groups is 1. The van der Waals surface area contributed by atoms with Gasteiger partial charge in [-0.15, -0.1) is 24.0 Å². The summed E-state index contributed by atoms with van der Waals surface area (Å²) in [7, 11) is -1.18. The van der Waals surface area contributed by atoms with Crippen molar-refractivity contribution in [2.45, 2.75) is 37.6 Å². The summed E-state index contributed by atoms with van der Waals surface area (Å²) in [6, 6.07) is 8.47. The second-order valence-corrected chi connectivity index (χ2v) is 9.61. The van der Waals surface area contributed by atoms with Crippen molar-refractivity contribution >= 4 is 39.8 Å². The number of benzene rings is 1. The van der Waals surface area contributed by atoms with Gasteiger partial charge in [0, 0.05) is 38.3 Å². The number of hydrogen-bond acceptors (Lipinski definition) is 4. The number of nitrogens with zero attached hydrogens (tertiary/aromatic N) is 1. The highest BCUT2D eigenvalue weighted by molar-refractivity contribution is 14.0. The lowest BCUT2D eigenvalue weighted by molar-refractivity contribution is 0.0511. The fraction of sp³-hybridized carbons (Fsp3) is 0.632. The Hall–Kier alpha value is -0.870. The molecule has 0 aromatic heterocycles. The molecule has 2 fully saturated rings. The standard InChI is InChI=1S/C19H29N3O3S.HI/c1-15-5-3-4-6-17(15)19(8-10-25-11-9-19)14-21-18(20-2)22-16-7-12-26(23,24)13-16;/h3-6,16H,7-14H2,1-2H3,(H2,20,21,22);1H. The molecule has 0 spiro atoms. The molecule has 6 nitrogen and oxygen atoms in total. The second-order valence-electron chi connectivity index (χ2n) is 7.38. The normalized spacial score (nSPS) is 24.1. The first-order chi connectivity index (χ1) is 12.4. The van der Waals surface area contributed by atoms with Crippen LogP contribution in [0.4, 0.5) is 0 Å². The topological polar surface area (TPSA) is 79.8 Å². The number of nitrogens with one attached hydrogen (secondary N) is 2. The summed E-state index contributed by atoms with van der Waals surface area (Å²) in [6.07, 6.45) is 2.55. The molecular weight excluding hydrogens is 477 g/mol. The first kappa shape index (κ1) is 22.4. The molecule has 1 unspecified atom stereocenters. The third kappa shape index (κ3) is 5.57. The number of hydrogen-bond donors (Lipinski definition) is 2. The van der Waals surface area contributed by atoms with E-state index in [2.05, 4.69) is 46.8 Å². The molecule has 0 saturated carbocycles. The van der Waals surface area contributed by atoms with Crippen molar-refractivity contribution < 1.29 is 13.2 Å². The van der Waals surface area contributed by atoms with E-state index < -0.39 is 9.84 Å². The van der Waals surface area contributed by atoms with Crippen molar-refractivity contribution in [1.29, 1.82) is 0 Å². The number of halogens is 1. The third-order valence-corrected chi connectivity index (χ3v) is 7.33. The zero-order chi connectivity index (χ0) is 18.6. The number of sulfone groups is 1. The molecule has 1 aromatic rings. The van der Waals surface area contributed by atoms with Gasteiger partial charge in [0.25, 0.3) is 0 Å². The molecule has 2 saturated heterocycles. The summed E-state index contributed by atoms with van der Waals surface area (Å²) in [4.78, 5) is 4.30. The summed E-state index contributed by atoms with van der Waals surface area (Å²) in [5.41, 5.74) is 2.65. The van der Waals surface area contributed by atoms with Crippen LogP contribution in [0.2, 0.25) is 0 Å². The van der Waals surface area contributed by atoms with Crippen LogP contribution >= 0.6 is 24.0 Å². The van der Waals surface area contributed by atoms with Gasteiger partial charge in [0.2, 0.25) is 0 Å². The van der Waals surface area contributed by atoms with E-state index in [0.29, 0.717) is 12.4 Å². The van der Waals surface area contributed by atoms with Crippen LogP contribution in [0, 0.1) is 6.92 Å². The maximum atomic E-state index is 11.7. The molecule has 1 atom stereocenters. The molecule has 152 valence electrons. The molecule has 1 aromatic carbocycles. The molecule has 3 rings (SSSR count). The largest absolute Gasteiger partial charge is 0.381 e. The molecule has 0 amide bonds. The number of ether oxygens (including phenoxy) is 1. The highest BCUT2D eigenvalue weighted by Crippen LogP contribution is 2.36. The highest BCUT2D eigenvalue weighted by Gasteiger charge is 2.36. The minimum atomic E-state index is -2.91. The van der Waals surface area contributed by atoms with Crippen LogP contribution in [-0.4, -0.2) is 58.7 Å². The Balaban J connectivity index is 0.00000261. The van der Waals surface area contributed by atoms with E-state index in [1.807, 2.05) is 0 Å². The van der Waals surface area contributed by atoms with E-state index >= 15 is 0 Å². The molecule has 2 N–H and O–H groups in total. The summed E-state index contributed by atoms with van der Waals surface area (Å²) in [6.45, 7) is 4.41. The van der Waals surface area contributed by atoms with Crippen molar-refractivity contribution in [1.82, 2.24) is 10.6 Å². The Morgan fingerprint density at radius 2 is 2.00 bits per heavy atom. The molecule has 2 aliphatic rings. The van der Waals surface area contributed by atoms with E-state index in [4.69, 9.17) is 4.74 Å². The Kier molecular flexibility index (Phi) is 7.94. The third-order valence-electron chi connectivity index (χ3n) is 5.56. The SMILES string of the molecule is CN=C(NCC1(c2ccccc2C)CCOCC1)NC1CCS(=O)(=O)C1.I. The van der Waals surface area contributed by atoms with Gasteiger partial charge in [-0.2, -0.15) is 0 Å². The van der Waals surface area contributed by atoms with E-state index in [-0.39, 0.29) is 46.9 Å². The van der Waals surface area contributed by atoms with Gasteiger partial charge in [-0.05, 0) is 37.3 Å². The lowest BCUT2D eigenvalue weighted by Gasteiger charge is -2.39. The van der Waals surface area contributed by atoms with Crippen LogP contribution in [0.15, 0.2) is 29.3 Å². The van der Waals surface area contributed by atoms with Crippen molar-refractivity contribution in [2.24, 2.45) is 4.99 Å². The predicted octanol–water partition coefficient (Wildman–Crippen LogP) is 2.01. The lowest BCUT2D eigenvalue weighted by atomic mass is 9.72. The van der Waals surface area contributed by atoms with Crippen LogP contribution in [-0.2, 0) is 20.0 Å². The first-order valence-electron chi connectivity index (χ1n) is 9.26. The van der Waals surface area contributed by atoms with Gasteiger partial charge in [0.1, 0.15) is 0 Å². The minimum absolute atomic E-state index is 0. The van der Waals surface area contributed by atoms with Gasteiger partial charge in [0.15, 0.2) is 15.8 Å². The average Bonchev–Trinajstić information content (AvgIpc) is 2.98. The van der Waals surface area contributed by atoms with Crippen molar-refractivity contribution in [3.8, 4) is 0 Å². The van der Waals surface area contributed by atoms with Crippen molar-refractivity contribution in [2.75, 3.05) is 38.3 Å². The fourth-order valence-corrected chi connectivity index (χ4v) is 5.69. The van der Waals surface area contributed by atoms with E-state index in [0.717, 1.165) is 32.6 Å². The summed E-state index contributed by atoms with van der Waals surface area (Å²) in [5.74, 6) is 1.11. The van der Waals surface area contributed by atoms with E-state index in [1.165, 1.54) is 11.1 Å². The smallest absolute Gasteiger partial charge is 0.191 e. The predicted molar refractivity (Wildman–Crippen MR) is 120 cm³/mol. The number of rotatable bonds is 4. The van der Waals surface area contributed by atoms with Crippen molar-refractivity contribution in [3.63, 3.8) is 0 Å². The van der Waals surface area contributed by atoms with E-state index in [1.54, 1.807) is 7.05 Å². The van der Waals surface area contributed by atoms with Gasteiger partial charge in [-0.1, -0.05) is 24.3 Å². The monoisotopic (exact) mass is 507 g/mol. The molecule has 27 heavy (non-hydrogen) atoms. The summed E-state index contributed by atoms with van der Waals surface area (Å²) >= 11 is 0. The summed E-state index contributed by atoms with van der Waals surface area (Å²) < 4.78 is 29.0. The number of guanidine groups is 1. The van der Waals surface area contributed by atoms with Gasteiger partial charge < -0.3 is 15.4 Å². The zero-order valence-corrected chi connectivity index (χ0v) is 19.2. The second kappa shape index (κ2) is 9.56. The molecule has 2 heterocycles. The molecule has 8 heteroatoms. The van der Waals surface area contributed by atoms with Crippen LogP contribution in [0.25, 0.3) is 0 Å². The Labute approximate surface area is 179 Å². The van der Waals surface area contributed by atoms with Gasteiger partial charge >= 0.3 is 0 Å². The van der Waals surface area contributed by atoms with Crippen LogP contribution < -0.4 is 10.6 Å². The Bertz CT molecular complexity index is 761. The minimum Gasteiger partial charge on any atom is -0.381 e. The zero-order valence-electron chi connectivity index (χ0n) is 16.0. The van der Waals surface area contributed by atoms with Gasteiger partial charge in [-0.25, -0.2) is 8.42 Å². The Morgan fingerprint density at radius 1 is 1.30 bits per heavy atom. The van der Waals surface area contributed by atoms with Crippen molar-refractivity contribution in [3.05, 3.63) is 35.4 Å². The maximum absolute atomic E-state index is 11.7. The van der Waals surface area contributed by atoms with Crippen LogP contribution in [0.1, 0.15) is 30.4 Å². The van der Waals surface area contributed by atoms with Crippen LogP contribution in [0.3, 0.4) is 0 Å². The lowest BCUT2D eigenvalue weighted by Crippen LogP contribution is -2.50. The quantitative estimate of drug-likeness (QED) is 0.371. The summed E-state index contributed by atoms with van der Waals surface area (Å²) in [5, 5.41) is 6.72. The van der Waals surface area contributed by atoms with Gasteiger partial charge in [-0.3, -0.25) is 4.99 Å². The number of aryl methyl sites for hydroxylation is 1. The molecule has 2 aliphatic heterocycles.